The fraction of sp³-hybridized carbons (Fsp3) is 0.167. The summed E-state index contributed by atoms with van der Waals surface area (Å²) < 4.78 is 5.23. The third-order valence-corrected chi connectivity index (χ3v) is 6.55. The van der Waals surface area contributed by atoms with E-state index in [0.29, 0.717) is 11.4 Å². The fourth-order valence-corrected chi connectivity index (χ4v) is 4.86. The zero-order valence-corrected chi connectivity index (χ0v) is 18.8. The summed E-state index contributed by atoms with van der Waals surface area (Å²) in [6.07, 6.45) is 0. The number of hydrogen-bond donors (Lipinski definition) is 1. The molecule has 2 aromatic carbocycles. The van der Waals surface area contributed by atoms with Crippen molar-refractivity contribution in [1.29, 1.82) is 0 Å². The van der Waals surface area contributed by atoms with E-state index in [4.69, 9.17) is 16.3 Å². The Morgan fingerprint density at radius 2 is 1.90 bits per heavy atom. The number of anilines is 1. The van der Waals surface area contributed by atoms with Crippen LogP contribution < -0.4 is 9.64 Å². The smallest absolute Gasteiger partial charge is 0.300 e. The maximum Gasteiger partial charge on any atom is 0.300 e. The molecule has 0 spiro atoms. The molecule has 1 fully saturated rings. The van der Waals surface area contributed by atoms with Gasteiger partial charge in [0.25, 0.3) is 11.7 Å². The van der Waals surface area contributed by atoms with Crippen molar-refractivity contribution in [2.75, 3.05) is 12.0 Å². The molecule has 1 aromatic heterocycles. The predicted octanol–water partition coefficient (Wildman–Crippen LogP) is 5.65. The van der Waals surface area contributed by atoms with Crippen LogP contribution in [0.5, 0.6) is 5.75 Å². The molecule has 7 heteroatoms. The minimum atomic E-state index is -0.760. The van der Waals surface area contributed by atoms with Crippen molar-refractivity contribution in [2.45, 2.75) is 19.9 Å². The van der Waals surface area contributed by atoms with Gasteiger partial charge in [0, 0.05) is 16.1 Å². The lowest BCUT2D eigenvalue weighted by Gasteiger charge is -2.26. The number of carbonyl (C=O) groups excluding carboxylic acids is 2. The zero-order valence-electron chi connectivity index (χ0n) is 17.2. The van der Waals surface area contributed by atoms with E-state index >= 15 is 0 Å². The number of benzene rings is 2. The van der Waals surface area contributed by atoms with Crippen LogP contribution in [0.1, 0.15) is 27.6 Å². The van der Waals surface area contributed by atoms with Crippen LogP contribution >= 0.6 is 22.9 Å². The molecule has 1 N–H and O–H groups in total. The molecule has 1 atom stereocenters. The molecule has 3 aromatic rings. The average molecular weight is 454 g/mol. The van der Waals surface area contributed by atoms with Crippen molar-refractivity contribution in [2.24, 2.45) is 0 Å². The van der Waals surface area contributed by atoms with Gasteiger partial charge in [-0.1, -0.05) is 35.4 Å². The summed E-state index contributed by atoms with van der Waals surface area (Å²) in [5, 5.41) is 13.3. The van der Waals surface area contributed by atoms with Gasteiger partial charge < -0.3 is 9.84 Å². The van der Waals surface area contributed by atoms with Crippen molar-refractivity contribution in [1.82, 2.24) is 0 Å². The van der Waals surface area contributed by atoms with Gasteiger partial charge in [-0.05, 0) is 55.1 Å². The quantitative estimate of drug-likeness (QED) is 0.315. The van der Waals surface area contributed by atoms with Crippen molar-refractivity contribution in [3.05, 3.63) is 86.1 Å². The summed E-state index contributed by atoms with van der Waals surface area (Å²) in [4.78, 5) is 28.6. The topological polar surface area (TPSA) is 66.8 Å². The Bertz CT molecular complexity index is 1220. The van der Waals surface area contributed by atoms with Crippen LogP contribution in [-0.2, 0) is 9.59 Å². The molecule has 158 valence electrons. The Kier molecular flexibility index (Phi) is 5.60. The molecule has 1 aliphatic rings. The molecular formula is C24H20ClNO4S. The SMILES string of the molecule is COc1ccc(Cl)c(/C(O)=C2/C(=O)C(=O)N(c3ccc(C)cc3C)C2c2cccs2)c1. The first kappa shape index (κ1) is 21.2. The second kappa shape index (κ2) is 8.21. The predicted molar refractivity (Wildman–Crippen MR) is 123 cm³/mol. The highest BCUT2D eigenvalue weighted by atomic mass is 35.5. The molecule has 31 heavy (non-hydrogen) atoms. The van der Waals surface area contributed by atoms with Crippen molar-refractivity contribution >= 4 is 46.1 Å². The Balaban J connectivity index is 1.97. The van der Waals surface area contributed by atoms with Crippen molar-refractivity contribution < 1.29 is 19.4 Å². The molecule has 1 unspecified atom stereocenters. The van der Waals surface area contributed by atoms with Crippen LogP contribution in [0, 0.1) is 13.8 Å². The van der Waals surface area contributed by atoms with E-state index in [1.54, 1.807) is 18.2 Å². The van der Waals surface area contributed by atoms with E-state index in [1.807, 2.05) is 49.6 Å². The Morgan fingerprint density at radius 3 is 2.55 bits per heavy atom. The molecule has 1 amide bonds. The number of nitrogens with zero attached hydrogens (tertiary/aromatic N) is 1. The minimum Gasteiger partial charge on any atom is -0.507 e. The number of Topliss-reactive ketones (excluding diaryl/α,β-unsaturated/α-hetero) is 1. The third kappa shape index (κ3) is 3.62. The number of methoxy groups -OCH3 is 1. The Morgan fingerprint density at radius 1 is 1.13 bits per heavy atom. The lowest BCUT2D eigenvalue weighted by atomic mass is 9.99. The molecule has 2 heterocycles. The maximum absolute atomic E-state index is 13.2. The summed E-state index contributed by atoms with van der Waals surface area (Å²) >= 11 is 7.73. The van der Waals surface area contributed by atoms with Crippen LogP contribution in [0.4, 0.5) is 5.69 Å². The number of aliphatic hydroxyl groups excluding tert-OH is 1. The normalized spacial score (nSPS) is 17.9. The molecular weight excluding hydrogens is 434 g/mol. The summed E-state index contributed by atoms with van der Waals surface area (Å²) in [6, 6.07) is 13.4. The van der Waals surface area contributed by atoms with Gasteiger partial charge in [0.05, 0.1) is 17.7 Å². The molecule has 0 bridgehead atoms. The Labute approximate surface area is 189 Å². The number of amides is 1. The number of carbonyl (C=O) groups is 2. The second-order valence-electron chi connectivity index (χ2n) is 7.32. The Hall–Kier alpha value is -3.09. The van der Waals surface area contributed by atoms with E-state index in [0.717, 1.165) is 16.0 Å². The number of rotatable bonds is 4. The van der Waals surface area contributed by atoms with Gasteiger partial charge in [-0.2, -0.15) is 0 Å². The summed E-state index contributed by atoms with van der Waals surface area (Å²) in [7, 11) is 1.50. The molecule has 4 rings (SSSR count). The highest BCUT2D eigenvalue weighted by molar-refractivity contribution is 7.10. The average Bonchev–Trinajstić information content (AvgIpc) is 3.36. The highest BCUT2D eigenvalue weighted by Crippen LogP contribution is 2.45. The van der Waals surface area contributed by atoms with Gasteiger partial charge in [0.1, 0.15) is 17.6 Å². The van der Waals surface area contributed by atoms with Gasteiger partial charge in [0.15, 0.2) is 0 Å². The fourth-order valence-electron chi connectivity index (χ4n) is 3.83. The number of halogens is 1. The number of ether oxygens (including phenoxy) is 1. The number of ketones is 1. The van der Waals surface area contributed by atoms with E-state index < -0.39 is 17.7 Å². The number of thiophene rings is 1. The van der Waals surface area contributed by atoms with Crippen LogP contribution in [0.2, 0.25) is 5.02 Å². The van der Waals surface area contributed by atoms with E-state index in [-0.39, 0.29) is 21.9 Å². The van der Waals surface area contributed by atoms with Gasteiger partial charge >= 0.3 is 0 Å². The van der Waals surface area contributed by atoms with E-state index in [9.17, 15) is 14.7 Å². The minimum absolute atomic E-state index is 0.00239. The number of aliphatic hydroxyl groups is 1. The standard InChI is InChI=1S/C24H20ClNO4S/c1-13-6-9-18(14(2)11-13)26-21(19-5-4-10-31-19)20(23(28)24(26)29)22(27)16-12-15(30-3)7-8-17(16)25/h4-12,21,27H,1-3H3/b22-20-. The monoisotopic (exact) mass is 453 g/mol. The highest BCUT2D eigenvalue weighted by Gasteiger charge is 2.48. The number of aryl methyl sites for hydroxylation is 2. The molecule has 1 aliphatic heterocycles. The molecule has 0 saturated carbocycles. The largest absolute Gasteiger partial charge is 0.507 e. The lowest BCUT2D eigenvalue weighted by Crippen LogP contribution is -2.29. The zero-order chi connectivity index (χ0) is 22.3. The summed E-state index contributed by atoms with van der Waals surface area (Å²) in [5.74, 6) is -1.30. The van der Waals surface area contributed by atoms with E-state index in [2.05, 4.69) is 0 Å². The maximum atomic E-state index is 13.2. The van der Waals surface area contributed by atoms with Gasteiger partial charge in [-0.3, -0.25) is 14.5 Å². The first-order valence-corrected chi connectivity index (χ1v) is 10.8. The summed E-state index contributed by atoms with van der Waals surface area (Å²) in [5.41, 5.74) is 2.78. The van der Waals surface area contributed by atoms with Crippen LogP contribution in [0.15, 0.2) is 59.5 Å². The summed E-state index contributed by atoms with van der Waals surface area (Å²) in [6.45, 7) is 3.86. The van der Waals surface area contributed by atoms with Crippen LogP contribution in [0.3, 0.4) is 0 Å². The first-order chi connectivity index (χ1) is 14.8. The molecule has 0 radical (unpaired) electrons. The lowest BCUT2D eigenvalue weighted by molar-refractivity contribution is -0.132. The first-order valence-electron chi connectivity index (χ1n) is 9.59. The third-order valence-electron chi connectivity index (χ3n) is 5.30. The molecule has 5 nitrogen and oxygen atoms in total. The van der Waals surface area contributed by atoms with Gasteiger partial charge in [-0.15, -0.1) is 11.3 Å². The van der Waals surface area contributed by atoms with Gasteiger partial charge in [-0.25, -0.2) is 0 Å². The van der Waals surface area contributed by atoms with Crippen LogP contribution in [0.25, 0.3) is 5.76 Å². The second-order valence-corrected chi connectivity index (χ2v) is 8.71. The van der Waals surface area contributed by atoms with Crippen molar-refractivity contribution in [3.8, 4) is 5.75 Å². The number of hydrogen-bond acceptors (Lipinski definition) is 5. The molecule has 0 aliphatic carbocycles. The van der Waals surface area contributed by atoms with Gasteiger partial charge in [0.2, 0.25) is 0 Å². The van der Waals surface area contributed by atoms with Crippen LogP contribution in [-0.4, -0.2) is 23.9 Å². The van der Waals surface area contributed by atoms with Crippen molar-refractivity contribution in [3.63, 3.8) is 0 Å². The molecule has 1 saturated heterocycles. The van der Waals surface area contributed by atoms with E-state index in [1.165, 1.54) is 23.3 Å².